The third kappa shape index (κ3) is 2.68. The van der Waals surface area contributed by atoms with Gasteiger partial charge in [0.25, 0.3) is 0 Å². The van der Waals surface area contributed by atoms with E-state index in [9.17, 15) is 0 Å². The molecule has 0 unspecified atom stereocenters. The summed E-state index contributed by atoms with van der Waals surface area (Å²) in [6.07, 6.45) is 4.42. The summed E-state index contributed by atoms with van der Waals surface area (Å²) in [6, 6.07) is 8.60. The number of aromatic nitrogens is 1. The van der Waals surface area contributed by atoms with Gasteiger partial charge in [-0.25, -0.2) is 0 Å². The Morgan fingerprint density at radius 1 is 1.18 bits per heavy atom. The van der Waals surface area contributed by atoms with Gasteiger partial charge in [0.2, 0.25) is 0 Å². The fourth-order valence-electron chi connectivity index (χ4n) is 2.87. The second-order valence-electron chi connectivity index (χ2n) is 7.82. The van der Waals surface area contributed by atoms with Gasteiger partial charge in [0.1, 0.15) is 0 Å². The molecule has 2 nitrogen and oxygen atoms in total. The van der Waals surface area contributed by atoms with Gasteiger partial charge in [-0.3, -0.25) is 0 Å². The second-order valence-corrected chi connectivity index (χ2v) is 12.6. The Morgan fingerprint density at radius 2 is 1.91 bits per heavy atom. The Balaban J connectivity index is 1.70. The summed E-state index contributed by atoms with van der Waals surface area (Å²) < 4.78 is 6.33. The Labute approximate surface area is 134 Å². The van der Waals surface area contributed by atoms with Crippen molar-refractivity contribution in [3.63, 3.8) is 0 Å². The number of H-pyrrole nitrogens is 1. The van der Waals surface area contributed by atoms with Crippen LogP contribution in [0.25, 0.3) is 16.5 Å². The molecule has 0 spiro atoms. The van der Waals surface area contributed by atoms with Crippen LogP contribution < -0.4 is 0 Å². The fraction of sp³-hybridized carbons (Fsp3) is 0.474. The zero-order valence-corrected chi connectivity index (χ0v) is 15.4. The topological polar surface area (TPSA) is 25.0 Å². The Hall–Kier alpha value is -1.32. The van der Waals surface area contributed by atoms with E-state index < -0.39 is 8.32 Å². The molecule has 1 heterocycles. The van der Waals surface area contributed by atoms with Crippen LogP contribution in [-0.4, -0.2) is 19.9 Å². The Kier molecular flexibility index (Phi) is 3.82. The first-order valence-electron chi connectivity index (χ1n) is 8.22. The standard InChI is InChI=1S/C19H27NOSi/c1-19(2,3)22(4,5)21-13-12-14-10-11-16-15-8-6-7-9-17(15)20-18(14)16/h6-10,20H,11-13H2,1-5H3. The predicted molar refractivity (Wildman–Crippen MR) is 97.7 cm³/mol. The van der Waals surface area contributed by atoms with Crippen molar-refractivity contribution in [2.45, 2.75) is 51.7 Å². The van der Waals surface area contributed by atoms with Crippen molar-refractivity contribution in [1.82, 2.24) is 4.98 Å². The lowest BCUT2D eigenvalue weighted by Gasteiger charge is -2.36. The summed E-state index contributed by atoms with van der Waals surface area (Å²) in [5.74, 6) is 0. The number of para-hydroxylation sites is 1. The van der Waals surface area contributed by atoms with Crippen LogP contribution in [-0.2, 0) is 10.8 Å². The van der Waals surface area contributed by atoms with Crippen LogP contribution in [0.3, 0.4) is 0 Å². The van der Waals surface area contributed by atoms with Crippen LogP contribution >= 0.6 is 0 Å². The number of aromatic amines is 1. The van der Waals surface area contributed by atoms with E-state index in [0.29, 0.717) is 0 Å². The first kappa shape index (κ1) is 15.6. The molecule has 1 aromatic heterocycles. The highest BCUT2D eigenvalue weighted by Gasteiger charge is 2.37. The van der Waals surface area contributed by atoms with Crippen LogP contribution in [0.15, 0.2) is 30.3 Å². The summed E-state index contributed by atoms with van der Waals surface area (Å²) in [6.45, 7) is 12.4. The van der Waals surface area contributed by atoms with Crippen LogP contribution in [0.2, 0.25) is 18.1 Å². The van der Waals surface area contributed by atoms with Crippen LogP contribution in [0.5, 0.6) is 0 Å². The number of hydrogen-bond donors (Lipinski definition) is 1. The molecule has 3 rings (SSSR count). The van der Waals surface area contributed by atoms with Crippen LogP contribution in [0.1, 0.15) is 38.4 Å². The molecule has 0 saturated heterocycles. The average molecular weight is 314 g/mol. The van der Waals surface area contributed by atoms with Crippen molar-refractivity contribution in [1.29, 1.82) is 0 Å². The molecule has 1 aliphatic carbocycles. The zero-order chi connectivity index (χ0) is 16.0. The van der Waals surface area contributed by atoms with Crippen LogP contribution in [0, 0.1) is 0 Å². The van der Waals surface area contributed by atoms with Gasteiger partial charge in [-0.05, 0) is 48.2 Å². The molecule has 0 bridgehead atoms. The van der Waals surface area contributed by atoms with Crippen molar-refractivity contribution in [2.75, 3.05) is 6.61 Å². The minimum Gasteiger partial charge on any atom is -0.416 e. The van der Waals surface area contributed by atoms with E-state index in [-0.39, 0.29) is 5.04 Å². The van der Waals surface area contributed by atoms with Crippen molar-refractivity contribution >= 4 is 24.8 Å². The Morgan fingerprint density at radius 3 is 2.64 bits per heavy atom. The van der Waals surface area contributed by atoms with Crippen molar-refractivity contribution in [3.8, 4) is 0 Å². The van der Waals surface area contributed by atoms with E-state index >= 15 is 0 Å². The molecule has 1 aliphatic rings. The highest BCUT2D eigenvalue weighted by molar-refractivity contribution is 6.74. The van der Waals surface area contributed by atoms with Crippen LogP contribution in [0.4, 0.5) is 0 Å². The molecule has 0 aliphatic heterocycles. The molecule has 1 aromatic carbocycles. The molecule has 22 heavy (non-hydrogen) atoms. The SMILES string of the molecule is CC(C)(C)[Si](C)(C)OCCC1=CCc2c1[nH]c1ccccc21. The van der Waals surface area contributed by atoms with E-state index in [0.717, 1.165) is 19.4 Å². The third-order valence-corrected chi connectivity index (χ3v) is 9.87. The van der Waals surface area contributed by atoms with Crippen molar-refractivity contribution in [3.05, 3.63) is 41.6 Å². The van der Waals surface area contributed by atoms with Crippen molar-refractivity contribution < 1.29 is 4.43 Å². The van der Waals surface area contributed by atoms with Gasteiger partial charge in [-0.1, -0.05) is 45.0 Å². The average Bonchev–Trinajstić information content (AvgIpc) is 2.97. The highest BCUT2D eigenvalue weighted by atomic mass is 28.4. The summed E-state index contributed by atoms with van der Waals surface area (Å²) in [5.41, 5.74) is 5.46. The number of benzene rings is 1. The monoisotopic (exact) mass is 313 g/mol. The van der Waals surface area contributed by atoms with E-state index in [2.05, 4.69) is 69.2 Å². The molecule has 3 heteroatoms. The molecule has 0 saturated carbocycles. The molecule has 0 fully saturated rings. The predicted octanol–water partition coefficient (Wildman–Crippen LogP) is 5.52. The van der Waals surface area contributed by atoms with Gasteiger partial charge in [0.05, 0.1) is 0 Å². The summed E-state index contributed by atoms with van der Waals surface area (Å²) in [7, 11) is -1.64. The lowest BCUT2D eigenvalue weighted by molar-refractivity contribution is 0.296. The van der Waals surface area contributed by atoms with Gasteiger partial charge < -0.3 is 9.41 Å². The normalized spacial score (nSPS) is 15.2. The minimum absolute atomic E-state index is 0.281. The smallest absolute Gasteiger partial charge is 0.191 e. The van der Waals surface area contributed by atoms with E-state index in [1.165, 1.54) is 27.7 Å². The molecule has 118 valence electrons. The highest BCUT2D eigenvalue weighted by Crippen LogP contribution is 2.38. The van der Waals surface area contributed by atoms with Gasteiger partial charge >= 0.3 is 0 Å². The van der Waals surface area contributed by atoms with Crippen molar-refractivity contribution in [2.24, 2.45) is 0 Å². The summed E-state index contributed by atoms with van der Waals surface area (Å²) >= 11 is 0. The lowest BCUT2D eigenvalue weighted by Crippen LogP contribution is -2.40. The lowest BCUT2D eigenvalue weighted by atomic mass is 10.1. The number of nitrogens with one attached hydrogen (secondary N) is 1. The quantitative estimate of drug-likeness (QED) is 0.739. The first-order chi connectivity index (χ1) is 10.3. The molecular formula is C19H27NOSi. The molecular weight excluding hydrogens is 286 g/mol. The largest absolute Gasteiger partial charge is 0.416 e. The van der Waals surface area contributed by atoms with Gasteiger partial charge in [-0.2, -0.15) is 0 Å². The maximum Gasteiger partial charge on any atom is 0.191 e. The number of allylic oxidation sites excluding steroid dienone is 1. The summed E-state index contributed by atoms with van der Waals surface area (Å²) in [5, 5.41) is 1.65. The van der Waals surface area contributed by atoms with E-state index in [4.69, 9.17) is 4.43 Å². The third-order valence-electron chi connectivity index (χ3n) is 5.33. The molecule has 1 N–H and O–H groups in total. The van der Waals surface area contributed by atoms with Gasteiger partial charge in [0.15, 0.2) is 8.32 Å². The molecule has 2 aromatic rings. The maximum absolute atomic E-state index is 6.33. The zero-order valence-electron chi connectivity index (χ0n) is 14.4. The van der Waals surface area contributed by atoms with E-state index in [1.54, 1.807) is 0 Å². The number of rotatable bonds is 4. The molecule has 0 amide bonds. The number of hydrogen-bond acceptors (Lipinski definition) is 1. The maximum atomic E-state index is 6.33. The molecule has 0 atom stereocenters. The fourth-order valence-corrected chi connectivity index (χ4v) is 3.92. The van der Waals surface area contributed by atoms with Gasteiger partial charge in [0, 0.05) is 23.2 Å². The van der Waals surface area contributed by atoms with E-state index in [1.807, 2.05) is 0 Å². The van der Waals surface area contributed by atoms with Gasteiger partial charge in [-0.15, -0.1) is 0 Å². The minimum atomic E-state index is -1.64. The Bertz CT molecular complexity index is 719. The molecule has 0 radical (unpaired) electrons. The number of fused-ring (bicyclic) bond motifs is 3. The first-order valence-corrected chi connectivity index (χ1v) is 11.1. The second kappa shape index (κ2) is 5.39. The summed E-state index contributed by atoms with van der Waals surface area (Å²) in [4.78, 5) is 3.59.